The van der Waals surface area contributed by atoms with Crippen LogP contribution < -0.4 is 10.1 Å². The lowest BCUT2D eigenvalue weighted by Crippen LogP contribution is -2.12. The molecule has 0 fully saturated rings. The summed E-state index contributed by atoms with van der Waals surface area (Å²) in [5.41, 5.74) is 0.666. The van der Waals surface area contributed by atoms with E-state index in [-0.39, 0.29) is 11.8 Å². The Bertz CT molecular complexity index is 531. The molecule has 1 aromatic carbocycles. The van der Waals surface area contributed by atoms with Gasteiger partial charge in [-0.2, -0.15) is 0 Å². The van der Waals surface area contributed by atoms with Crippen LogP contribution in [-0.2, 0) is 0 Å². The van der Waals surface area contributed by atoms with E-state index in [4.69, 9.17) is 9.15 Å². The molecule has 0 saturated carbocycles. The van der Waals surface area contributed by atoms with Crippen molar-refractivity contribution in [3.8, 4) is 5.75 Å². The van der Waals surface area contributed by atoms with Crippen molar-refractivity contribution in [2.75, 3.05) is 11.9 Å². The molecule has 0 aliphatic rings. The molecule has 0 unspecified atom stereocenters. The van der Waals surface area contributed by atoms with Gasteiger partial charge in [0.1, 0.15) is 11.5 Å². The Morgan fingerprint density at radius 3 is 2.67 bits per heavy atom. The van der Waals surface area contributed by atoms with Crippen molar-refractivity contribution in [2.24, 2.45) is 0 Å². The minimum Gasteiger partial charge on any atom is -0.494 e. The molecule has 2 rings (SSSR count). The number of amides is 1. The molecule has 1 N–H and O–H groups in total. The lowest BCUT2D eigenvalue weighted by Gasteiger charge is -2.05. The molecule has 0 saturated heterocycles. The van der Waals surface area contributed by atoms with Gasteiger partial charge >= 0.3 is 5.91 Å². The van der Waals surface area contributed by atoms with Gasteiger partial charge in [-0.1, -0.05) is 0 Å². The van der Waals surface area contributed by atoms with Crippen molar-refractivity contribution in [1.82, 2.24) is 4.98 Å². The Kier molecular flexibility index (Phi) is 3.62. The second kappa shape index (κ2) is 5.35. The van der Waals surface area contributed by atoms with Crippen LogP contribution in [0.4, 0.5) is 5.69 Å². The second-order valence-electron chi connectivity index (χ2n) is 3.69. The molecule has 0 radical (unpaired) electrons. The number of hydrogen-bond donors (Lipinski definition) is 1. The average molecular weight is 246 g/mol. The Labute approximate surface area is 105 Å². The number of carbonyl (C=O) groups excluding carboxylic acids is 1. The number of benzene rings is 1. The van der Waals surface area contributed by atoms with Crippen LogP contribution in [-0.4, -0.2) is 17.5 Å². The molecule has 1 heterocycles. The number of carbonyl (C=O) groups is 1. The first kappa shape index (κ1) is 12.2. The molecule has 5 heteroatoms. The smallest absolute Gasteiger partial charge is 0.311 e. The van der Waals surface area contributed by atoms with Gasteiger partial charge in [-0.15, -0.1) is 0 Å². The van der Waals surface area contributed by atoms with E-state index in [9.17, 15) is 4.79 Å². The Balaban J connectivity index is 2.03. The van der Waals surface area contributed by atoms with Crippen LogP contribution in [0.25, 0.3) is 0 Å². The van der Waals surface area contributed by atoms with Gasteiger partial charge in [-0.25, -0.2) is 4.98 Å². The number of aryl methyl sites for hydroxylation is 1. The fraction of sp³-hybridized carbons (Fsp3) is 0.231. The van der Waals surface area contributed by atoms with Gasteiger partial charge in [-0.3, -0.25) is 4.79 Å². The van der Waals surface area contributed by atoms with E-state index in [0.717, 1.165) is 5.75 Å². The van der Waals surface area contributed by atoms with Crippen molar-refractivity contribution in [3.63, 3.8) is 0 Å². The van der Waals surface area contributed by atoms with E-state index >= 15 is 0 Å². The topological polar surface area (TPSA) is 64.4 Å². The Morgan fingerprint density at radius 1 is 1.39 bits per heavy atom. The van der Waals surface area contributed by atoms with E-state index < -0.39 is 0 Å². The number of rotatable bonds is 4. The number of aromatic nitrogens is 1. The summed E-state index contributed by atoms with van der Waals surface area (Å²) in [7, 11) is 0. The summed E-state index contributed by atoms with van der Waals surface area (Å²) in [5.74, 6) is 1.06. The van der Waals surface area contributed by atoms with Gasteiger partial charge in [0.05, 0.1) is 12.8 Å². The Hall–Kier alpha value is -2.30. The molecule has 5 nitrogen and oxygen atoms in total. The fourth-order valence-electron chi connectivity index (χ4n) is 1.45. The number of hydrogen-bond acceptors (Lipinski definition) is 4. The number of ether oxygens (including phenoxy) is 1. The number of anilines is 1. The quantitative estimate of drug-likeness (QED) is 0.900. The summed E-state index contributed by atoms with van der Waals surface area (Å²) < 4.78 is 10.4. The van der Waals surface area contributed by atoms with Crippen molar-refractivity contribution in [1.29, 1.82) is 0 Å². The van der Waals surface area contributed by atoms with Gasteiger partial charge < -0.3 is 14.5 Å². The first-order valence-corrected chi connectivity index (χ1v) is 5.65. The molecule has 0 aliphatic heterocycles. The molecule has 0 atom stereocenters. The fourth-order valence-corrected chi connectivity index (χ4v) is 1.45. The number of nitrogens with zero attached hydrogens (tertiary/aromatic N) is 1. The van der Waals surface area contributed by atoms with Crippen LogP contribution in [0.15, 0.2) is 34.9 Å². The van der Waals surface area contributed by atoms with E-state index in [2.05, 4.69) is 10.3 Å². The molecular formula is C13H14N2O3. The molecule has 0 aliphatic carbocycles. The zero-order valence-corrected chi connectivity index (χ0v) is 10.3. The van der Waals surface area contributed by atoms with E-state index in [1.54, 1.807) is 31.2 Å². The SMILES string of the molecule is CCOc1ccc(NC(=O)c2ncc(C)o2)cc1. The molecule has 18 heavy (non-hydrogen) atoms. The molecule has 2 aromatic rings. The van der Waals surface area contributed by atoms with Crippen molar-refractivity contribution >= 4 is 11.6 Å². The van der Waals surface area contributed by atoms with E-state index in [1.807, 2.05) is 6.92 Å². The maximum absolute atomic E-state index is 11.7. The van der Waals surface area contributed by atoms with Crippen LogP contribution in [0, 0.1) is 6.92 Å². The maximum Gasteiger partial charge on any atom is 0.311 e. The molecular weight excluding hydrogens is 232 g/mol. The third-order valence-corrected chi connectivity index (χ3v) is 2.24. The highest BCUT2D eigenvalue weighted by atomic mass is 16.5. The largest absolute Gasteiger partial charge is 0.494 e. The van der Waals surface area contributed by atoms with Crippen LogP contribution >= 0.6 is 0 Å². The predicted molar refractivity (Wildman–Crippen MR) is 66.8 cm³/mol. The van der Waals surface area contributed by atoms with E-state index in [0.29, 0.717) is 18.1 Å². The summed E-state index contributed by atoms with van der Waals surface area (Å²) in [5, 5.41) is 2.69. The molecule has 0 spiro atoms. The highest BCUT2D eigenvalue weighted by molar-refractivity contribution is 6.00. The van der Waals surface area contributed by atoms with E-state index in [1.165, 1.54) is 6.20 Å². The monoisotopic (exact) mass is 246 g/mol. The van der Waals surface area contributed by atoms with Crippen molar-refractivity contribution in [2.45, 2.75) is 13.8 Å². The predicted octanol–water partition coefficient (Wildman–Crippen LogP) is 2.63. The normalized spacial score (nSPS) is 10.1. The van der Waals surface area contributed by atoms with Crippen molar-refractivity contribution in [3.05, 3.63) is 42.1 Å². The van der Waals surface area contributed by atoms with Gasteiger partial charge in [0, 0.05) is 5.69 Å². The van der Waals surface area contributed by atoms with Crippen LogP contribution in [0.2, 0.25) is 0 Å². The van der Waals surface area contributed by atoms with Crippen LogP contribution in [0.5, 0.6) is 5.75 Å². The van der Waals surface area contributed by atoms with Gasteiger partial charge in [0.25, 0.3) is 5.89 Å². The van der Waals surface area contributed by atoms with Gasteiger partial charge in [0.2, 0.25) is 0 Å². The minimum absolute atomic E-state index is 0.0568. The molecule has 0 bridgehead atoms. The number of oxazole rings is 1. The lowest BCUT2D eigenvalue weighted by atomic mass is 10.3. The van der Waals surface area contributed by atoms with Gasteiger partial charge in [0.15, 0.2) is 0 Å². The van der Waals surface area contributed by atoms with Crippen molar-refractivity contribution < 1.29 is 13.9 Å². The summed E-state index contributed by atoms with van der Waals surface area (Å²) in [6.07, 6.45) is 1.51. The average Bonchev–Trinajstić information content (AvgIpc) is 2.79. The summed E-state index contributed by atoms with van der Waals surface area (Å²) in [6.45, 7) is 4.27. The molecule has 1 aromatic heterocycles. The lowest BCUT2D eigenvalue weighted by molar-refractivity contribution is 0.0989. The Morgan fingerprint density at radius 2 is 2.11 bits per heavy atom. The summed E-state index contributed by atoms with van der Waals surface area (Å²) in [4.78, 5) is 15.6. The zero-order chi connectivity index (χ0) is 13.0. The van der Waals surface area contributed by atoms with Crippen LogP contribution in [0.1, 0.15) is 23.4 Å². The third-order valence-electron chi connectivity index (χ3n) is 2.24. The van der Waals surface area contributed by atoms with Crippen LogP contribution in [0.3, 0.4) is 0 Å². The third kappa shape index (κ3) is 2.88. The standard InChI is InChI=1S/C13H14N2O3/c1-3-17-11-6-4-10(5-7-11)15-12(16)13-14-8-9(2)18-13/h4-8H,3H2,1-2H3,(H,15,16). The number of nitrogens with one attached hydrogen (secondary N) is 1. The molecule has 1 amide bonds. The summed E-state index contributed by atoms with van der Waals surface area (Å²) in [6, 6.07) is 7.11. The highest BCUT2D eigenvalue weighted by Gasteiger charge is 2.11. The molecule has 94 valence electrons. The van der Waals surface area contributed by atoms with Gasteiger partial charge in [-0.05, 0) is 38.1 Å². The zero-order valence-electron chi connectivity index (χ0n) is 10.3. The maximum atomic E-state index is 11.7. The highest BCUT2D eigenvalue weighted by Crippen LogP contribution is 2.16. The second-order valence-corrected chi connectivity index (χ2v) is 3.69. The first-order chi connectivity index (χ1) is 8.69. The summed E-state index contributed by atoms with van der Waals surface area (Å²) >= 11 is 0. The minimum atomic E-state index is -0.368. The first-order valence-electron chi connectivity index (χ1n) is 5.65.